The summed E-state index contributed by atoms with van der Waals surface area (Å²) in [5.41, 5.74) is -0.275. The van der Waals surface area contributed by atoms with Crippen LogP contribution in [0.5, 0.6) is 0 Å². The zero-order valence-electron chi connectivity index (χ0n) is 14.8. The van der Waals surface area contributed by atoms with Gasteiger partial charge in [-0.05, 0) is 12.8 Å². The number of hydrogen-bond acceptors (Lipinski definition) is 5. The Hall–Kier alpha value is -1.47. The van der Waals surface area contributed by atoms with Gasteiger partial charge in [-0.3, -0.25) is 9.59 Å². The van der Waals surface area contributed by atoms with Crippen LogP contribution in [0.2, 0.25) is 0 Å². The zero-order valence-corrected chi connectivity index (χ0v) is 15.6. The normalized spacial score (nSPS) is 21.8. The largest absolute Gasteiger partial charge is 0.481 e. The molecule has 0 aromatic carbocycles. The molecule has 1 fully saturated rings. The first-order valence-electron chi connectivity index (χ1n) is 8.13. The van der Waals surface area contributed by atoms with Gasteiger partial charge in [-0.25, -0.2) is 4.98 Å². The second kappa shape index (κ2) is 7.19. The molecule has 1 aliphatic heterocycles. The maximum Gasteiger partial charge on any atom is 0.313 e. The van der Waals surface area contributed by atoms with E-state index in [1.807, 2.05) is 5.38 Å². The summed E-state index contributed by atoms with van der Waals surface area (Å²) in [5, 5.41) is 12.5. The summed E-state index contributed by atoms with van der Waals surface area (Å²) in [6.07, 6.45) is 1.42. The minimum Gasteiger partial charge on any atom is -0.481 e. The highest BCUT2D eigenvalue weighted by molar-refractivity contribution is 7.09. The van der Waals surface area contributed by atoms with E-state index >= 15 is 0 Å². The molecule has 7 heteroatoms. The Balaban J connectivity index is 2.06. The molecular formula is C17H26N2O4S. The van der Waals surface area contributed by atoms with Crippen molar-refractivity contribution >= 4 is 23.2 Å². The van der Waals surface area contributed by atoms with Gasteiger partial charge in [0.05, 0.1) is 23.7 Å². The number of aliphatic carboxylic acids is 1. The molecular weight excluding hydrogens is 328 g/mol. The Morgan fingerprint density at radius 2 is 2.17 bits per heavy atom. The summed E-state index contributed by atoms with van der Waals surface area (Å²) in [7, 11) is 1.49. The summed E-state index contributed by atoms with van der Waals surface area (Å²) in [6.45, 7) is 7.19. The minimum atomic E-state index is -0.999. The number of ether oxygens (including phenoxy) is 1. The molecule has 6 nitrogen and oxygen atoms in total. The highest BCUT2D eigenvalue weighted by Crippen LogP contribution is 2.31. The molecule has 1 aromatic heterocycles. The van der Waals surface area contributed by atoms with E-state index in [-0.39, 0.29) is 30.9 Å². The lowest BCUT2D eigenvalue weighted by atomic mass is 9.80. The van der Waals surface area contributed by atoms with Crippen LogP contribution in [0.4, 0.5) is 0 Å². The molecule has 1 atom stereocenters. The fourth-order valence-corrected chi connectivity index (χ4v) is 3.88. The lowest BCUT2D eigenvalue weighted by molar-refractivity contribution is -0.159. The standard InChI is InChI=1S/C17H26N2O4S/c1-16(2,3)14-18-12(9-24-14)8-13(20)19-7-5-6-17(10-19,11-23-4)15(21)22/h9H,5-8,10-11H2,1-4H3,(H,21,22). The minimum absolute atomic E-state index is 0.0337. The number of likely N-dealkylation sites (tertiary alicyclic amines) is 1. The number of carboxylic acid groups (broad SMARTS) is 1. The number of methoxy groups -OCH3 is 1. The molecule has 1 amide bonds. The quantitative estimate of drug-likeness (QED) is 0.878. The lowest BCUT2D eigenvalue weighted by Crippen LogP contribution is -2.52. The molecule has 134 valence electrons. The van der Waals surface area contributed by atoms with Gasteiger partial charge in [-0.2, -0.15) is 0 Å². The van der Waals surface area contributed by atoms with Crippen LogP contribution >= 0.6 is 11.3 Å². The van der Waals surface area contributed by atoms with Crippen LogP contribution in [0, 0.1) is 5.41 Å². The third-order valence-corrected chi connectivity index (χ3v) is 5.65. The van der Waals surface area contributed by atoms with Crippen LogP contribution < -0.4 is 0 Å². The van der Waals surface area contributed by atoms with Crippen molar-refractivity contribution < 1.29 is 19.4 Å². The smallest absolute Gasteiger partial charge is 0.313 e. The van der Waals surface area contributed by atoms with E-state index in [1.54, 1.807) is 16.2 Å². The van der Waals surface area contributed by atoms with E-state index in [0.29, 0.717) is 19.4 Å². The first-order chi connectivity index (χ1) is 11.2. The second-order valence-corrected chi connectivity index (χ2v) is 8.37. The molecule has 0 radical (unpaired) electrons. The van der Waals surface area contributed by atoms with E-state index < -0.39 is 11.4 Å². The predicted octanol–water partition coefficient (Wildman–Crippen LogP) is 2.32. The molecule has 1 unspecified atom stereocenters. The molecule has 24 heavy (non-hydrogen) atoms. The summed E-state index contributed by atoms with van der Waals surface area (Å²) in [4.78, 5) is 30.5. The van der Waals surface area contributed by atoms with E-state index in [4.69, 9.17) is 4.74 Å². The van der Waals surface area contributed by atoms with Crippen molar-refractivity contribution in [2.75, 3.05) is 26.8 Å². The number of hydrogen-bond donors (Lipinski definition) is 1. The van der Waals surface area contributed by atoms with E-state index in [2.05, 4.69) is 25.8 Å². The number of amides is 1. The number of nitrogens with zero attached hydrogens (tertiary/aromatic N) is 2. The number of carbonyl (C=O) groups excluding carboxylic acids is 1. The van der Waals surface area contributed by atoms with Crippen molar-refractivity contribution in [2.24, 2.45) is 5.41 Å². The Morgan fingerprint density at radius 1 is 1.46 bits per heavy atom. The van der Waals surface area contributed by atoms with E-state index in [0.717, 1.165) is 10.7 Å². The Labute approximate surface area is 146 Å². The Bertz CT molecular complexity index is 604. The number of carboxylic acids is 1. The highest BCUT2D eigenvalue weighted by atomic mass is 32.1. The van der Waals surface area contributed by atoms with Gasteiger partial charge in [0.2, 0.25) is 5.91 Å². The number of piperidine rings is 1. The fourth-order valence-electron chi connectivity index (χ4n) is 2.97. The molecule has 0 saturated carbocycles. The molecule has 2 rings (SSSR count). The average Bonchev–Trinajstić information content (AvgIpc) is 2.96. The number of aromatic nitrogens is 1. The fraction of sp³-hybridized carbons (Fsp3) is 0.706. The van der Waals surface area contributed by atoms with Crippen molar-refractivity contribution in [3.63, 3.8) is 0 Å². The summed E-state index contributed by atoms with van der Waals surface area (Å²) < 4.78 is 5.10. The topological polar surface area (TPSA) is 79.7 Å². The molecule has 2 heterocycles. The SMILES string of the molecule is COCC1(C(=O)O)CCCN(C(=O)Cc2csc(C(C)(C)C)n2)C1. The predicted molar refractivity (Wildman–Crippen MR) is 92.3 cm³/mol. The van der Waals surface area contributed by atoms with Crippen molar-refractivity contribution in [1.82, 2.24) is 9.88 Å². The van der Waals surface area contributed by atoms with Crippen molar-refractivity contribution in [3.8, 4) is 0 Å². The van der Waals surface area contributed by atoms with Gasteiger partial charge in [0.1, 0.15) is 5.41 Å². The van der Waals surface area contributed by atoms with Crippen molar-refractivity contribution in [2.45, 2.75) is 45.4 Å². The van der Waals surface area contributed by atoms with E-state index in [1.165, 1.54) is 7.11 Å². The lowest BCUT2D eigenvalue weighted by Gasteiger charge is -2.39. The molecule has 1 aromatic rings. The Kier molecular flexibility index (Phi) is 5.65. The van der Waals surface area contributed by atoms with Gasteiger partial charge in [0, 0.05) is 31.0 Å². The first kappa shape index (κ1) is 18.9. The number of thiazole rings is 1. The molecule has 0 aliphatic carbocycles. The molecule has 0 spiro atoms. The van der Waals surface area contributed by atoms with Gasteiger partial charge in [0.25, 0.3) is 0 Å². The third kappa shape index (κ3) is 4.13. The van der Waals surface area contributed by atoms with Gasteiger partial charge in [-0.15, -0.1) is 11.3 Å². The molecule has 1 aliphatic rings. The van der Waals surface area contributed by atoms with Crippen LogP contribution in [-0.4, -0.2) is 53.7 Å². The van der Waals surface area contributed by atoms with Crippen molar-refractivity contribution in [1.29, 1.82) is 0 Å². The second-order valence-electron chi connectivity index (χ2n) is 7.51. The van der Waals surface area contributed by atoms with Gasteiger partial charge in [-0.1, -0.05) is 20.8 Å². The number of carbonyl (C=O) groups is 2. The molecule has 0 bridgehead atoms. The van der Waals surface area contributed by atoms with Gasteiger partial charge in [0.15, 0.2) is 0 Å². The molecule has 1 N–H and O–H groups in total. The zero-order chi connectivity index (χ0) is 18.0. The maximum absolute atomic E-state index is 12.6. The van der Waals surface area contributed by atoms with Crippen LogP contribution in [0.25, 0.3) is 0 Å². The Morgan fingerprint density at radius 3 is 2.71 bits per heavy atom. The van der Waals surface area contributed by atoms with Gasteiger partial charge >= 0.3 is 5.97 Å². The molecule has 1 saturated heterocycles. The average molecular weight is 354 g/mol. The summed E-state index contributed by atoms with van der Waals surface area (Å²) in [6, 6.07) is 0. The maximum atomic E-state index is 12.6. The monoisotopic (exact) mass is 354 g/mol. The summed E-state index contributed by atoms with van der Waals surface area (Å²) in [5.74, 6) is -0.965. The van der Waals surface area contributed by atoms with Crippen LogP contribution in [0.1, 0.15) is 44.3 Å². The van der Waals surface area contributed by atoms with Crippen LogP contribution in [-0.2, 0) is 26.2 Å². The van der Waals surface area contributed by atoms with Crippen molar-refractivity contribution in [3.05, 3.63) is 16.1 Å². The highest BCUT2D eigenvalue weighted by Gasteiger charge is 2.43. The van der Waals surface area contributed by atoms with E-state index in [9.17, 15) is 14.7 Å². The van der Waals surface area contributed by atoms with Gasteiger partial charge < -0.3 is 14.7 Å². The first-order valence-corrected chi connectivity index (χ1v) is 9.01. The number of rotatable bonds is 5. The summed E-state index contributed by atoms with van der Waals surface area (Å²) >= 11 is 1.56. The van der Waals surface area contributed by atoms with Crippen LogP contribution in [0.3, 0.4) is 0 Å². The third-order valence-electron chi connectivity index (χ3n) is 4.33. The van der Waals surface area contributed by atoms with Crippen LogP contribution in [0.15, 0.2) is 5.38 Å².